The Hall–Kier alpha value is -0.630. The number of hydrogen-bond donors (Lipinski definition) is 2. The quantitative estimate of drug-likeness (QED) is 0.582. The summed E-state index contributed by atoms with van der Waals surface area (Å²) in [7, 11) is 0. The third-order valence-electron chi connectivity index (χ3n) is 2.65. The highest BCUT2D eigenvalue weighted by Gasteiger charge is 2.12. The van der Waals surface area contributed by atoms with Gasteiger partial charge >= 0.3 is 0 Å². The minimum absolute atomic E-state index is 0.225. The normalized spacial score (nSPS) is 13.6. The zero-order chi connectivity index (χ0) is 12.2. The van der Waals surface area contributed by atoms with Crippen molar-refractivity contribution in [2.75, 3.05) is 5.32 Å². The van der Waals surface area contributed by atoms with E-state index in [1.165, 1.54) is 5.56 Å². The molecular formula is C14H23NS. The summed E-state index contributed by atoms with van der Waals surface area (Å²) in [6, 6.07) is 8.66. The van der Waals surface area contributed by atoms with E-state index < -0.39 is 0 Å². The predicted octanol–water partition coefficient (Wildman–Crippen LogP) is 4.45. The van der Waals surface area contributed by atoms with E-state index in [2.05, 4.69) is 69.9 Å². The molecule has 0 amide bonds. The standard InChI is InChI=1S/C14H23NS/c1-5-6-13(16)15-12-9-7-11(8-10-12)14(2,3)4/h7-10,13,15-16H,5-6H2,1-4H3. The molecule has 0 heterocycles. The molecule has 1 rings (SSSR count). The van der Waals surface area contributed by atoms with Crippen LogP contribution in [0.5, 0.6) is 0 Å². The summed E-state index contributed by atoms with van der Waals surface area (Å²) in [5, 5.41) is 3.64. The Morgan fingerprint density at radius 3 is 2.19 bits per heavy atom. The van der Waals surface area contributed by atoms with Crippen molar-refractivity contribution in [1.82, 2.24) is 0 Å². The minimum atomic E-state index is 0.225. The Kier molecular flexibility index (Phi) is 4.72. The fraction of sp³-hybridized carbons (Fsp3) is 0.571. The largest absolute Gasteiger partial charge is 0.374 e. The van der Waals surface area contributed by atoms with E-state index in [0.717, 1.165) is 18.5 Å². The number of hydrogen-bond acceptors (Lipinski definition) is 2. The van der Waals surface area contributed by atoms with Crippen molar-refractivity contribution in [3.05, 3.63) is 29.8 Å². The second-order valence-electron chi connectivity index (χ2n) is 5.28. The fourth-order valence-corrected chi connectivity index (χ4v) is 2.01. The lowest BCUT2D eigenvalue weighted by Crippen LogP contribution is -2.13. The molecule has 0 aliphatic carbocycles. The third kappa shape index (κ3) is 4.09. The van der Waals surface area contributed by atoms with Crippen molar-refractivity contribution in [1.29, 1.82) is 0 Å². The maximum Gasteiger partial charge on any atom is 0.0693 e. The summed E-state index contributed by atoms with van der Waals surface area (Å²) in [4.78, 5) is 0. The second kappa shape index (κ2) is 5.62. The Labute approximate surface area is 105 Å². The van der Waals surface area contributed by atoms with Crippen molar-refractivity contribution in [3.8, 4) is 0 Å². The fourth-order valence-electron chi connectivity index (χ4n) is 1.60. The molecule has 90 valence electrons. The van der Waals surface area contributed by atoms with Gasteiger partial charge in [-0.15, -0.1) is 0 Å². The minimum Gasteiger partial charge on any atom is -0.374 e. The first-order valence-electron chi connectivity index (χ1n) is 5.98. The molecule has 0 fully saturated rings. The molecule has 1 aromatic rings. The lowest BCUT2D eigenvalue weighted by molar-refractivity contribution is 0.590. The third-order valence-corrected chi connectivity index (χ3v) is 3.03. The Bertz CT molecular complexity index is 311. The summed E-state index contributed by atoms with van der Waals surface area (Å²) in [5.41, 5.74) is 2.74. The molecule has 1 atom stereocenters. The maximum absolute atomic E-state index is 4.49. The van der Waals surface area contributed by atoms with E-state index in [0.29, 0.717) is 0 Å². The molecule has 2 heteroatoms. The zero-order valence-electron chi connectivity index (χ0n) is 10.7. The van der Waals surface area contributed by atoms with Crippen molar-refractivity contribution in [3.63, 3.8) is 0 Å². The number of nitrogens with one attached hydrogen (secondary N) is 1. The maximum atomic E-state index is 4.49. The molecule has 16 heavy (non-hydrogen) atoms. The van der Waals surface area contributed by atoms with Gasteiger partial charge in [0, 0.05) is 5.69 Å². The van der Waals surface area contributed by atoms with Crippen LogP contribution in [0, 0.1) is 0 Å². The first-order valence-corrected chi connectivity index (χ1v) is 6.50. The summed E-state index contributed by atoms with van der Waals surface area (Å²) >= 11 is 4.49. The molecule has 0 saturated heterocycles. The van der Waals surface area contributed by atoms with Gasteiger partial charge in [0.1, 0.15) is 0 Å². The van der Waals surface area contributed by atoms with E-state index in [-0.39, 0.29) is 10.8 Å². The van der Waals surface area contributed by atoms with Gasteiger partial charge < -0.3 is 5.32 Å². The lowest BCUT2D eigenvalue weighted by Gasteiger charge is -2.20. The van der Waals surface area contributed by atoms with E-state index in [1.807, 2.05) is 0 Å². The van der Waals surface area contributed by atoms with Crippen LogP contribution in [0.2, 0.25) is 0 Å². The van der Waals surface area contributed by atoms with Crippen LogP contribution in [0.4, 0.5) is 5.69 Å². The van der Waals surface area contributed by atoms with Gasteiger partial charge in [-0.1, -0.05) is 46.2 Å². The van der Waals surface area contributed by atoms with Gasteiger partial charge in [0.25, 0.3) is 0 Å². The highest BCUT2D eigenvalue weighted by molar-refractivity contribution is 7.81. The van der Waals surface area contributed by atoms with Crippen LogP contribution < -0.4 is 5.32 Å². The number of thiol groups is 1. The van der Waals surface area contributed by atoms with Gasteiger partial charge in [0.15, 0.2) is 0 Å². The van der Waals surface area contributed by atoms with E-state index >= 15 is 0 Å². The van der Waals surface area contributed by atoms with E-state index in [1.54, 1.807) is 0 Å². The van der Waals surface area contributed by atoms with E-state index in [4.69, 9.17) is 0 Å². The average Bonchev–Trinajstić information content (AvgIpc) is 2.17. The van der Waals surface area contributed by atoms with Gasteiger partial charge in [-0.25, -0.2) is 0 Å². The van der Waals surface area contributed by atoms with Crippen LogP contribution in [0.3, 0.4) is 0 Å². The van der Waals surface area contributed by atoms with Crippen LogP contribution in [-0.2, 0) is 5.41 Å². The summed E-state index contributed by atoms with van der Waals surface area (Å²) in [5.74, 6) is 0. The summed E-state index contributed by atoms with van der Waals surface area (Å²) in [6.45, 7) is 8.86. The van der Waals surface area contributed by atoms with Crippen LogP contribution in [-0.4, -0.2) is 5.37 Å². The molecule has 1 unspecified atom stereocenters. The molecule has 0 aliphatic rings. The molecule has 0 saturated carbocycles. The smallest absolute Gasteiger partial charge is 0.0693 e. The highest BCUT2D eigenvalue weighted by Crippen LogP contribution is 2.24. The Morgan fingerprint density at radius 2 is 1.75 bits per heavy atom. The number of benzene rings is 1. The Balaban J connectivity index is 2.65. The van der Waals surface area contributed by atoms with Crippen molar-refractivity contribution in [2.45, 2.75) is 51.3 Å². The van der Waals surface area contributed by atoms with Crippen LogP contribution >= 0.6 is 12.6 Å². The van der Waals surface area contributed by atoms with Crippen LogP contribution in [0.15, 0.2) is 24.3 Å². The number of anilines is 1. The molecule has 0 spiro atoms. The molecule has 0 aromatic heterocycles. The molecule has 0 bridgehead atoms. The average molecular weight is 237 g/mol. The van der Waals surface area contributed by atoms with Gasteiger partial charge in [-0.05, 0) is 29.5 Å². The van der Waals surface area contributed by atoms with Gasteiger partial charge in [-0.3, -0.25) is 0 Å². The highest BCUT2D eigenvalue weighted by atomic mass is 32.1. The topological polar surface area (TPSA) is 12.0 Å². The summed E-state index contributed by atoms with van der Waals surface area (Å²) in [6.07, 6.45) is 2.24. The predicted molar refractivity (Wildman–Crippen MR) is 76.4 cm³/mol. The van der Waals surface area contributed by atoms with Crippen LogP contribution in [0.25, 0.3) is 0 Å². The second-order valence-corrected chi connectivity index (χ2v) is 5.90. The molecule has 1 nitrogen and oxygen atoms in total. The first-order chi connectivity index (χ1) is 7.43. The molecule has 0 radical (unpaired) electrons. The lowest BCUT2D eigenvalue weighted by atomic mass is 9.87. The van der Waals surface area contributed by atoms with Crippen LogP contribution in [0.1, 0.15) is 46.1 Å². The van der Waals surface area contributed by atoms with Crippen molar-refractivity contribution in [2.24, 2.45) is 0 Å². The number of rotatable bonds is 4. The summed E-state index contributed by atoms with van der Waals surface area (Å²) < 4.78 is 0. The van der Waals surface area contributed by atoms with Crippen molar-refractivity contribution >= 4 is 18.3 Å². The monoisotopic (exact) mass is 237 g/mol. The zero-order valence-corrected chi connectivity index (χ0v) is 11.6. The van der Waals surface area contributed by atoms with Gasteiger partial charge in [-0.2, -0.15) is 12.6 Å². The van der Waals surface area contributed by atoms with E-state index in [9.17, 15) is 0 Å². The molecule has 1 N–H and O–H groups in total. The molecule has 1 aromatic carbocycles. The van der Waals surface area contributed by atoms with Gasteiger partial charge in [0.2, 0.25) is 0 Å². The molecular weight excluding hydrogens is 214 g/mol. The first kappa shape index (κ1) is 13.4. The van der Waals surface area contributed by atoms with Gasteiger partial charge in [0.05, 0.1) is 5.37 Å². The van der Waals surface area contributed by atoms with Crippen molar-refractivity contribution < 1.29 is 0 Å². The SMILES string of the molecule is CCCC(S)Nc1ccc(C(C)(C)C)cc1. The molecule has 0 aliphatic heterocycles. The Morgan fingerprint density at radius 1 is 1.19 bits per heavy atom.